The highest BCUT2D eigenvalue weighted by Gasteiger charge is 2.05. The molecule has 0 aliphatic heterocycles. The lowest BCUT2D eigenvalue weighted by Crippen LogP contribution is -2.20. The van der Waals surface area contributed by atoms with Gasteiger partial charge in [-0.05, 0) is 13.8 Å². The molecule has 0 fully saturated rings. The van der Waals surface area contributed by atoms with Crippen LogP contribution in [0.1, 0.15) is 13.8 Å². The molecule has 1 rings (SSSR count). The molecule has 0 atom stereocenters. The molecule has 0 unspecified atom stereocenters. The quantitative estimate of drug-likeness (QED) is 0.673. The fourth-order valence-corrected chi connectivity index (χ4v) is 1.16. The first-order chi connectivity index (χ1) is 5.20. The number of nitrogens with zero attached hydrogens (tertiary/aromatic N) is 2. The highest BCUT2D eigenvalue weighted by Crippen LogP contribution is 2.04. The Balaban J connectivity index is 3.29. The van der Waals surface area contributed by atoms with E-state index < -0.39 is 0 Å². The Bertz CT molecular complexity index is 298. The second-order valence-corrected chi connectivity index (χ2v) is 2.27. The van der Waals surface area contributed by atoms with Gasteiger partial charge in [-0.15, -0.1) is 0 Å². The summed E-state index contributed by atoms with van der Waals surface area (Å²) in [6, 6.07) is 1.23. The van der Waals surface area contributed by atoms with Crippen LogP contribution in [0.25, 0.3) is 0 Å². The van der Waals surface area contributed by atoms with Crippen molar-refractivity contribution in [2.24, 2.45) is 0 Å². The number of aromatic hydroxyl groups is 1. The van der Waals surface area contributed by atoms with Crippen molar-refractivity contribution < 1.29 is 5.11 Å². The molecule has 11 heavy (non-hydrogen) atoms. The van der Waals surface area contributed by atoms with Gasteiger partial charge in [0.25, 0.3) is 5.56 Å². The third-order valence-corrected chi connectivity index (χ3v) is 1.66. The molecule has 1 aromatic heterocycles. The normalized spacial score (nSPS) is 10.4. The molecular formula is C7H12N2O2. The zero-order valence-corrected chi connectivity index (χ0v) is 6.74. The molecule has 0 aliphatic carbocycles. The van der Waals surface area contributed by atoms with Gasteiger partial charge in [-0.2, -0.15) is 0 Å². The van der Waals surface area contributed by atoms with E-state index in [0.717, 1.165) is 0 Å². The van der Waals surface area contributed by atoms with Crippen LogP contribution in [-0.4, -0.2) is 14.5 Å². The average molecular weight is 156 g/mol. The number of aromatic nitrogens is 2. The van der Waals surface area contributed by atoms with Crippen molar-refractivity contribution in [3.05, 3.63) is 16.4 Å². The zero-order chi connectivity index (χ0) is 8.43. The summed E-state index contributed by atoms with van der Waals surface area (Å²) in [5.41, 5.74) is -0.146. The summed E-state index contributed by atoms with van der Waals surface area (Å²) in [4.78, 5) is 11.0. The summed E-state index contributed by atoms with van der Waals surface area (Å²) in [7, 11) is 0. The molecule has 4 heteroatoms. The van der Waals surface area contributed by atoms with Crippen LogP contribution in [0.2, 0.25) is 0 Å². The van der Waals surface area contributed by atoms with Crippen molar-refractivity contribution in [1.29, 1.82) is 0 Å². The average Bonchev–Trinajstić information content (AvgIpc) is 2.24. The molecule has 0 radical (unpaired) electrons. The van der Waals surface area contributed by atoms with Gasteiger partial charge in [0.1, 0.15) is 0 Å². The summed E-state index contributed by atoms with van der Waals surface area (Å²) in [5.74, 6) is 0.0411. The van der Waals surface area contributed by atoms with Gasteiger partial charge in [0.15, 0.2) is 0 Å². The van der Waals surface area contributed by atoms with E-state index in [0.29, 0.717) is 13.1 Å². The van der Waals surface area contributed by atoms with E-state index in [4.69, 9.17) is 0 Å². The number of hydrogen-bond donors (Lipinski definition) is 1. The molecule has 4 nitrogen and oxygen atoms in total. The first-order valence-electron chi connectivity index (χ1n) is 3.70. The standard InChI is InChI=1S/C7H12N2O2/c1-3-8-6(10)5-7(11)9(8)4-2/h5,10H,3-4H2,1-2H3. The van der Waals surface area contributed by atoms with Gasteiger partial charge >= 0.3 is 0 Å². The van der Waals surface area contributed by atoms with Crippen LogP contribution in [0.4, 0.5) is 0 Å². The summed E-state index contributed by atoms with van der Waals surface area (Å²) in [6.07, 6.45) is 0. The third-order valence-electron chi connectivity index (χ3n) is 1.66. The summed E-state index contributed by atoms with van der Waals surface area (Å²) in [5, 5.41) is 9.19. The molecular weight excluding hydrogens is 144 g/mol. The number of rotatable bonds is 2. The van der Waals surface area contributed by atoms with Gasteiger partial charge < -0.3 is 5.11 Å². The fraction of sp³-hybridized carbons (Fsp3) is 0.571. The van der Waals surface area contributed by atoms with Crippen molar-refractivity contribution in [1.82, 2.24) is 9.36 Å². The lowest BCUT2D eigenvalue weighted by Gasteiger charge is -2.06. The topological polar surface area (TPSA) is 47.2 Å². The molecule has 62 valence electrons. The summed E-state index contributed by atoms with van der Waals surface area (Å²) < 4.78 is 3.04. The van der Waals surface area contributed by atoms with Crippen molar-refractivity contribution >= 4 is 0 Å². The van der Waals surface area contributed by atoms with Crippen molar-refractivity contribution in [2.75, 3.05) is 0 Å². The molecule has 1 aromatic rings. The molecule has 0 aromatic carbocycles. The van der Waals surface area contributed by atoms with E-state index >= 15 is 0 Å². The van der Waals surface area contributed by atoms with Crippen LogP contribution < -0.4 is 5.56 Å². The Morgan fingerprint density at radius 1 is 1.36 bits per heavy atom. The second kappa shape index (κ2) is 2.82. The summed E-state index contributed by atoms with van der Waals surface area (Å²) >= 11 is 0. The van der Waals surface area contributed by atoms with E-state index in [1.165, 1.54) is 10.7 Å². The van der Waals surface area contributed by atoms with E-state index in [1.807, 2.05) is 13.8 Å². The van der Waals surface area contributed by atoms with Crippen molar-refractivity contribution in [2.45, 2.75) is 26.9 Å². The minimum Gasteiger partial charge on any atom is -0.493 e. The van der Waals surface area contributed by atoms with Crippen molar-refractivity contribution in [3.63, 3.8) is 0 Å². The Morgan fingerprint density at radius 3 is 2.27 bits per heavy atom. The van der Waals surface area contributed by atoms with Crippen LogP contribution in [0.5, 0.6) is 5.88 Å². The minimum atomic E-state index is -0.146. The molecule has 0 spiro atoms. The Kier molecular flexibility index (Phi) is 2.03. The zero-order valence-electron chi connectivity index (χ0n) is 6.74. The Hall–Kier alpha value is -1.19. The highest BCUT2D eigenvalue weighted by atomic mass is 16.3. The van der Waals surface area contributed by atoms with Crippen LogP contribution >= 0.6 is 0 Å². The van der Waals surface area contributed by atoms with Gasteiger partial charge in [-0.1, -0.05) is 0 Å². The second-order valence-electron chi connectivity index (χ2n) is 2.27. The largest absolute Gasteiger partial charge is 0.493 e. The molecule has 0 bridgehead atoms. The first-order valence-corrected chi connectivity index (χ1v) is 3.70. The van der Waals surface area contributed by atoms with Crippen LogP contribution in [0.15, 0.2) is 10.9 Å². The van der Waals surface area contributed by atoms with Crippen molar-refractivity contribution in [3.8, 4) is 5.88 Å². The van der Waals surface area contributed by atoms with Crippen LogP contribution in [0, 0.1) is 0 Å². The maximum atomic E-state index is 11.0. The molecule has 1 heterocycles. The SMILES string of the molecule is CCn1c(O)cc(=O)n1CC. The lowest BCUT2D eigenvalue weighted by atomic mass is 10.6. The van der Waals surface area contributed by atoms with Gasteiger partial charge in [-0.25, -0.2) is 4.68 Å². The molecule has 1 N–H and O–H groups in total. The summed E-state index contributed by atoms with van der Waals surface area (Å²) in [6.45, 7) is 4.95. The van der Waals surface area contributed by atoms with E-state index in [9.17, 15) is 9.90 Å². The van der Waals surface area contributed by atoms with E-state index in [2.05, 4.69) is 0 Å². The van der Waals surface area contributed by atoms with Gasteiger partial charge in [0, 0.05) is 13.1 Å². The third kappa shape index (κ3) is 1.15. The monoisotopic (exact) mass is 156 g/mol. The Morgan fingerprint density at radius 2 is 1.91 bits per heavy atom. The van der Waals surface area contributed by atoms with Crippen LogP contribution in [0.3, 0.4) is 0 Å². The highest BCUT2D eigenvalue weighted by molar-refractivity contribution is 5.06. The van der Waals surface area contributed by atoms with Gasteiger partial charge in [0.05, 0.1) is 6.07 Å². The smallest absolute Gasteiger partial charge is 0.270 e. The Labute approximate surface area is 64.7 Å². The maximum Gasteiger partial charge on any atom is 0.270 e. The lowest BCUT2D eigenvalue weighted by molar-refractivity contribution is 0.366. The first kappa shape index (κ1) is 7.91. The van der Waals surface area contributed by atoms with Crippen LogP contribution in [-0.2, 0) is 13.1 Å². The molecule has 0 amide bonds. The molecule has 0 saturated heterocycles. The van der Waals surface area contributed by atoms with E-state index in [-0.39, 0.29) is 11.4 Å². The molecule has 0 saturated carbocycles. The molecule has 0 aliphatic rings. The fourth-order valence-electron chi connectivity index (χ4n) is 1.16. The van der Waals surface area contributed by atoms with Gasteiger partial charge in [-0.3, -0.25) is 9.48 Å². The predicted octanol–water partition coefficient (Wildman–Crippen LogP) is 0.395. The van der Waals surface area contributed by atoms with Gasteiger partial charge in [0.2, 0.25) is 5.88 Å². The maximum absolute atomic E-state index is 11.0. The van der Waals surface area contributed by atoms with E-state index in [1.54, 1.807) is 4.68 Å². The minimum absolute atomic E-state index is 0.0411. The number of hydrogen-bond acceptors (Lipinski definition) is 2. The predicted molar refractivity (Wildman–Crippen MR) is 41.7 cm³/mol.